The monoisotopic (exact) mass is 600 g/mol. The van der Waals surface area contributed by atoms with Crippen molar-refractivity contribution >= 4 is 32.6 Å². The normalized spacial score (nSPS) is 11.4. The molecule has 0 saturated carbocycles. The summed E-state index contributed by atoms with van der Waals surface area (Å²) in [5.74, 6) is 1.92. The minimum Gasteiger partial charge on any atom is -0.309 e. The summed E-state index contributed by atoms with van der Waals surface area (Å²) in [6.07, 6.45) is 0. The van der Waals surface area contributed by atoms with Crippen LogP contribution in [-0.4, -0.2) is 19.5 Å². The van der Waals surface area contributed by atoms with Gasteiger partial charge in [-0.3, -0.25) is 0 Å². The van der Waals surface area contributed by atoms with Crippen molar-refractivity contribution in [1.82, 2.24) is 19.5 Å². The molecule has 2 heterocycles. The molecule has 0 atom stereocenters. The molecule has 0 spiro atoms. The molecule has 0 N–H and O–H groups in total. The first kappa shape index (κ1) is 27.0. The fourth-order valence-corrected chi connectivity index (χ4v) is 6.57. The van der Waals surface area contributed by atoms with Crippen LogP contribution in [0.1, 0.15) is 0 Å². The zero-order chi connectivity index (χ0) is 31.2. The minimum atomic E-state index is 0.637. The summed E-state index contributed by atoms with van der Waals surface area (Å²) in [5.41, 5.74) is 8.54. The van der Waals surface area contributed by atoms with E-state index in [1.54, 1.807) is 0 Å². The van der Waals surface area contributed by atoms with Crippen LogP contribution in [0.3, 0.4) is 0 Å². The van der Waals surface area contributed by atoms with Gasteiger partial charge < -0.3 is 4.57 Å². The zero-order valence-electron chi connectivity index (χ0n) is 25.5. The van der Waals surface area contributed by atoms with Gasteiger partial charge in [-0.15, -0.1) is 0 Å². The molecule has 0 radical (unpaired) electrons. The summed E-state index contributed by atoms with van der Waals surface area (Å²) in [6, 6.07) is 59.2. The predicted molar refractivity (Wildman–Crippen MR) is 193 cm³/mol. The largest absolute Gasteiger partial charge is 0.309 e. The van der Waals surface area contributed by atoms with E-state index in [0.717, 1.165) is 33.5 Å². The van der Waals surface area contributed by atoms with Gasteiger partial charge in [-0.05, 0) is 46.2 Å². The third kappa shape index (κ3) is 4.75. The quantitative estimate of drug-likeness (QED) is 0.197. The molecule has 0 bridgehead atoms. The Morgan fingerprint density at radius 3 is 1.55 bits per heavy atom. The Balaban J connectivity index is 1.26. The molecule has 0 fully saturated rings. The van der Waals surface area contributed by atoms with Gasteiger partial charge in [0.05, 0.1) is 11.0 Å². The predicted octanol–water partition coefficient (Wildman–Crippen LogP) is 10.8. The van der Waals surface area contributed by atoms with Crippen molar-refractivity contribution in [2.24, 2.45) is 0 Å². The average molecular weight is 601 g/mol. The van der Waals surface area contributed by atoms with Crippen LogP contribution < -0.4 is 0 Å². The fraction of sp³-hybridized carbons (Fsp3) is 0. The Morgan fingerprint density at radius 1 is 0.340 bits per heavy atom. The number of rotatable bonds is 5. The molecule has 0 aliphatic heterocycles. The molecule has 0 aliphatic rings. The molecule has 2 aromatic heterocycles. The molecule has 220 valence electrons. The number of hydrogen-bond donors (Lipinski definition) is 0. The summed E-state index contributed by atoms with van der Waals surface area (Å²) >= 11 is 0. The smallest absolute Gasteiger partial charge is 0.164 e. The Bertz CT molecular complexity index is 2540. The molecule has 0 unspecified atom stereocenters. The van der Waals surface area contributed by atoms with Crippen molar-refractivity contribution in [2.45, 2.75) is 0 Å². The number of hydrogen-bond acceptors (Lipinski definition) is 3. The molecule has 0 saturated heterocycles. The van der Waals surface area contributed by atoms with Crippen molar-refractivity contribution in [3.8, 4) is 51.0 Å². The lowest BCUT2D eigenvalue weighted by molar-refractivity contribution is 1.07. The molecular formula is C43H28N4. The summed E-state index contributed by atoms with van der Waals surface area (Å²) < 4.78 is 2.35. The average Bonchev–Trinajstić information content (AvgIpc) is 3.50. The fourth-order valence-electron chi connectivity index (χ4n) is 6.57. The van der Waals surface area contributed by atoms with Crippen LogP contribution in [0.15, 0.2) is 170 Å². The lowest BCUT2D eigenvalue weighted by atomic mass is 10.0. The third-order valence-corrected chi connectivity index (χ3v) is 8.85. The Labute approximate surface area is 272 Å². The number of fused-ring (bicyclic) bond motifs is 5. The first-order valence-electron chi connectivity index (χ1n) is 15.8. The highest BCUT2D eigenvalue weighted by atomic mass is 15.0. The first-order valence-corrected chi connectivity index (χ1v) is 15.8. The van der Waals surface area contributed by atoms with Crippen molar-refractivity contribution in [1.29, 1.82) is 0 Å². The molecule has 4 nitrogen and oxygen atoms in total. The van der Waals surface area contributed by atoms with Gasteiger partial charge in [0.2, 0.25) is 0 Å². The summed E-state index contributed by atoms with van der Waals surface area (Å²) in [6.45, 7) is 0. The molecule has 0 aliphatic carbocycles. The molecule has 4 heteroatoms. The van der Waals surface area contributed by atoms with E-state index in [-0.39, 0.29) is 0 Å². The number of benzene rings is 7. The molecule has 9 aromatic rings. The highest BCUT2D eigenvalue weighted by Gasteiger charge is 2.18. The van der Waals surface area contributed by atoms with Crippen LogP contribution in [-0.2, 0) is 0 Å². The van der Waals surface area contributed by atoms with E-state index in [1.807, 2.05) is 36.4 Å². The Hall–Kier alpha value is -6.39. The van der Waals surface area contributed by atoms with E-state index in [9.17, 15) is 0 Å². The molecule has 9 rings (SSSR count). The molecular weight excluding hydrogens is 573 g/mol. The lowest BCUT2D eigenvalue weighted by Crippen LogP contribution is -2.00. The van der Waals surface area contributed by atoms with Crippen molar-refractivity contribution in [2.75, 3.05) is 0 Å². The van der Waals surface area contributed by atoms with Crippen LogP contribution in [0.5, 0.6) is 0 Å². The second-order valence-corrected chi connectivity index (χ2v) is 11.7. The van der Waals surface area contributed by atoms with Gasteiger partial charge in [-0.2, -0.15) is 0 Å². The maximum atomic E-state index is 5.08. The SMILES string of the molecule is c1ccc(-c2ccc(-c3nc(-c4ccccc4)nc(-c4ccc5c6c7ccccc7ccc6n(-c6ccccc6)c5c4)n3)cc2)cc1. The first-order chi connectivity index (χ1) is 23.3. The van der Waals surface area contributed by atoms with Gasteiger partial charge in [0.1, 0.15) is 0 Å². The van der Waals surface area contributed by atoms with Crippen LogP contribution >= 0.6 is 0 Å². The summed E-state index contributed by atoms with van der Waals surface area (Å²) in [5, 5.41) is 4.90. The van der Waals surface area contributed by atoms with E-state index in [0.29, 0.717) is 17.5 Å². The Kier molecular flexibility index (Phi) is 6.43. The number of para-hydroxylation sites is 1. The van der Waals surface area contributed by atoms with E-state index < -0.39 is 0 Å². The number of nitrogens with zero attached hydrogens (tertiary/aromatic N) is 4. The summed E-state index contributed by atoms with van der Waals surface area (Å²) in [7, 11) is 0. The zero-order valence-corrected chi connectivity index (χ0v) is 25.5. The highest BCUT2D eigenvalue weighted by Crippen LogP contribution is 2.38. The number of aromatic nitrogens is 4. The maximum absolute atomic E-state index is 5.08. The standard InChI is InChI=1S/C43H28N4/c1-4-12-29(13-5-1)30-20-22-33(23-21-30)42-44-41(32-15-6-2-7-16-32)45-43(46-42)34-24-26-37-39(28-34)47(35-17-8-3-9-18-35)38-27-25-31-14-10-11-19-36(31)40(37)38/h1-28H. The maximum Gasteiger partial charge on any atom is 0.164 e. The lowest BCUT2D eigenvalue weighted by Gasteiger charge is -2.11. The van der Waals surface area contributed by atoms with Gasteiger partial charge in [0, 0.05) is 33.2 Å². The molecule has 47 heavy (non-hydrogen) atoms. The molecule has 7 aromatic carbocycles. The van der Waals surface area contributed by atoms with Crippen molar-refractivity contribution in [3.05, 3.63) is 170 Å². The van der Waals surface area contributed by atoms with Crippen LogP contribution in [0.2, 0.25) is 0 Å². The highest BCUT2D eigenvalue weighted by molar-refractivity contribution is 6.21. The molecule has 0 amide bonds. The van der Waals surface area contributed by atoms with Gasteiger partial charge in [0.25, 0.3) is 0 Å². The van der Waals surface area contributed by atoms with Gasteiger partial charge in [-0.25, -0.2) is 15.0 Å². The second-order valence-electron chi connectivity index (χ2n) is 11.7. The Morgan fingerprint density at radius 2 is 0.851 bits per heavy atom. The van der Waals surface area contributed by atoms with Crippen molar-refractivity contribution in [3.63, 3.8) is 0 Å². The van der Waals surface area contributed by atoms with Gasteiger partial charge in [-0.1, -0.05) is 146 Å². The van der Waals surface area contributed by atoms with Crippen LogP contribution in [0.4, 0.5) is 0 Å². The topological polar surface area (TPSA) is 43.6 Å². The third-order valence-electron chi connectivity index (χ3n) is 8.85. The minimum absolute atomic E-state index is 0.637. The van der Waals surface area contributed by atoms with Crippen molar-refractivity contribution < 1.29 is 0 Å². The van der Waals surface area contributed by atoms with E-state index >= 15 is 0 Å². The van der Waals surface area contributed by atoms with Crippen LogP contribution in [0, 0.1) is 0 Å². The second kappa shape index (κ2) is 11.2. The van der Waals surface area contributed by atoms with Gasteiger partial charge >= 0.3 is 0 Å². The van der Waals surface area contributed by atoms with Crippen LogP contribution in [0.25, 0.3) is 83.6 Å². The van der Waals surface area contributed by atoms with E-state index in [4.69, 9.17) is 15.0 Å². The van der Waals surface area contributed by atoms with Gasteiger partial charge in [0.15, 0.2) is 17.5 Å². The summed E-state index contributed by atoms with van der Waals surface area (Å²) in [4.78, 5) is 15.1. The van der Waals surface area contributed by atoms with E-state index in [2.05, 4.69) is 138 Å². The van der Waals surface area contributed by atoms with E-state index in [1.165, 1.54) is 32.6 Å².